The molecule has 0 fully saturated rings. The van der Waals surface area contributed by atoms with Crippen molar-refractivity contribution in [1.29, 1.82) is 0 Å². The molecule has 1 aromatic carbocycles. The van der Waals surface area contributed by atoms with Crippen LogP contribution in [0.25, 0.3) is 11.6 Å². The van der Waals surface area contributed by atoms with Crippen LogP contribution in [0.2, 0.25) is 0 Å². The molecule has 4 rings (SSSR count). The SMILES string of the molecule is OC1C=C2C=CCc3c(ccc4c3OCC=C4)C2=CO1. The van der Waals surface area contributed by atoms with Gasteiger partial charge in [0.25, 0.3) is 0 Å². The van der Waals surface area contributed by atoms with E-state index in [1.165, 1.54) is 5.56 Å². The first kappa shape index (κ1) is 11.6. The molecule has 0 saturated carbocycles. The fraction of sp³-hybridized carbons (Fsp3) is 0.176. The van der Waals surface area contributed by atoms with Crippen molar-refractivity contribution in [2.24, 2.45) is 0 Å². The summed E-state index contributed by atoms with van der Waals surface area (Å²) in [5.41, 5.74) is 5.40. The van der Waals surface area contributed by atoms with Gasteiger partial charge in [-0.2, -0.15) is 0 Å². The van der Waals surface area contributed by atoms with Gasteiger partial charge in [-0.15, -0.1) is 0 Å². The van der Waals surface area contributed by atoms with E-state index in [9.17, 15) is 5.11 Å². The van der Waals surface area contributed by atoms with E-state index in [4.69, 9.17) is 9.47 Å². The monoisotopic (exact) mass is 266 g/mol. The Hall–Kier alpha value is -2.26. The third-order valence-electron chi connectivity index (χ3n) is 3.78. The van der Waals surface area contributed by atoms with Crippen molar-refractivity contribution in [3.63, 3.8) is 0 Å². The highest BCUT2D eigenvalue weighted by molar-refractivity contribution is 5.86. The minimum absolute atomic E-state index is 0.615. The van der Waals surface area contributed by atoms with Gasteiger partial charge in [-0.05, 0) is 29.7 Å². The van der Waals surface area contributed by atoms with Crippen molar-refractivity contribution in [3.05, 3.63) is 65.0 Å². The van der Waals surface area contributed by atoms with Crippen LogP contribution in [-0.4, -0.2) is 18.0 Å². The topological polar surface area (TPSA) is 38.7 Å². The minimum Gasteiger partial charge on any atom is -0.489 e. The van der Waals surface area contributed by atoms with Crippen LogP contribution in [0.4, 0.5) is 0 Å². The zero-order chi connectivity index (χ0) is 13.5. The number of allylic oxidation sites excluding steroid dienone is 4. The predicted molar refractivity (Wildman–Crippen MR) is 77.0 cm³/mol. The number of aliphatic hydroxyl groups is 1. The Kier molecular flexibility index (Phi) is 2.54. The molecule has 1 N–H and O–H groups in total. The van der Waals surface area contributed by atoms with Crippen LogP contribution < -0.4 is 4.74 Å². The van der Waals surface area contributed by atoms with Crippen molar-refractivity contribution >= 4 is 11.6 Å². The molecule has 100 valence electrons. The summed E-state index contributed by atoms with van der Waals surface area (Å²) in [7, 11) is 0. The molecule has 0 aromatic heterocycles. The van der Waals surface area contributed by atoms with Crippen molar-refractivity contribution in [2.45, 2.75) is 12.7 Å². The molecule has 1 aromatic rings. The first-order valence-corrected chi connectivity index (χ1v) is 6.71. The van der Waals surface area contributed by atoms with E-state index in [-0.39, 0.29) is 0 Å². The second kappa shape index (κ2) is 4.39. The lowest BCUT2D eigenvalue weighted by atomic mass is 9.92. The Morgan fingerprint density at radius 1 is 1.15 bits per heavy atom. The third kappa shape index (κ3) is 1.71. The molecule has 2 heterocycles. The second-order valence-corrected chi connectivity index (χ2v) is 5.01. The van der Waals surface area contributed by atoms with Gasteiger partial charge in [-0.3, -0.25) is 0 Å². The molecular formula is C17H14O3. The van der Waals surface area contributed by atoms with Gasteiger partial charge < -0.3 is 14.6 Å². The molecule has 0 bridgehead atoms. The molecule has 0 spiro atoms. The first-order chi connectivity index (χ1) is 9.83. The number of rotatable bonds is 0. The maximum atomic E-state index is 9.57. The highest BCUT2D eigenvalue weighted by atomic mass is 16.6. The van der Waals surface area contributed by atoms with Crippen LogP contribution >= 0.6 is 0 Å². The lowest BCUT2D eigenvalue weighted by Gasteiger charge is -2.22. The van der Waals surface area contributed by atoms with E-state index in [2.05, 4.69) is 24.3 Å². The van der Waals surface area contributed by atoms with Gasteiger partial charge in [-0.25, -0.2) is 0 Å². The highest BCUT2D eigenvalue weighted by Crippen LogP contribution is 2.40. The molecule has 0 saturated heterocycles. The van der Waals surface area contributed by atoms with E-state index in [1.54, 1.807) is 12.3 Å². The summed E-state index contributed by atoms with van der Waals surface area (Å²) in [6.45, 7) is 0.615. The molecule has 2 aliphatic heterocycles. The van der Waals surface area contributed by atoms with Gasteiger partial charge in [0, 0.05) is 16.7 Å². The molecule has 0 radical (unpaired) electrons. The molecule has 1 unspecified atom stereocenters. The van der Waals surface area contributed by atoms with E-state index in [0.29, 0.717) is 6.61 Å². The number of aliphatic hydroxyl groups excluding tert-OH is 1. The first-order valence-electron chi connectivity index (χ1n) is 6.71. The molecule has 20 heavy (non-hydrogen) atoms. The summed E-state index contributed by atoms with van der Waals surface area (Å²) in [5, 5.41) is 9.57. The van der Waals surface area contributed by atoms with Crippen molar-refractivity contribution in [3.8, 4) is 5.75 Å². The summed E-state index contributed by atoms with van der Waals surface area (Å²) in [6.07, 6.45) is 11.6. The zero-order valence-corrected chi connectivity index (χ0v) is 10.9. The minimum atomic E-state index is -0.864. The van der Waals surface area contributed by atoms with E-state index in [0.717, 1.165) is 34.4 Å². The third-order valence-corrected chi connectivity index (χ3v) is 3.78. The molecule has 3 nitrogen and oxygen atoms in total. The largest absolute Gasteiger partial charge is 0.489 e. The Morgan fingerprint density at radius 3 is 3.05 bits per heavy atom. The van der Waals surface area contributed by atoms with Crippen LogP contribution in [0.5, 0.6) is 5.75 Å². The fourth-order valence-corrected chi connectivity index (χ4v) is 2.87. The van der Waals surface area contributed by atoms with E-state index < -0.39 is 6.29 Å². The number of ether oxygens (including phenoxy) is 2. The normalized spacial score (nSPS) is 22.4. The van der Waals surface area contributed by atoms with E-state index >= 15 is 0 Å². The van der Waals surface area contributed by atoms with E-state index in [1.807, 2.05) is 12.2 Å². The average Bonchev–Trinajstić information content (AvgIpc) is 2.66. The maximum absolute atomic E-state index is 9.57. The summed E-state index contributed by atoms with van der Waals surface area (Å²) in [6, 6.07) is 4.17. The standard InChI is InChI=1S/C17H14O3/c18-16-9-12-3-1-5-14-13(15(12)10-20-16)7-6-11-4-2-8-19-17(11)14/h1-4,6-7,9-10,16,18H,5,8H2. The molecule has 3 heteroatoms. The zero-order valence-electron chi connectivity index (χ0n) is 10.9. The van der Waals surface area contributed by atoms with Crippen LogP contribution in [-0.2, 0) is 11.2 Å². The Labute approximate surface area is 117 Å². The van der Waals surface area contributed by atoms with Gasteiger partial charge in [0.1, 0.15) is 12.4 Å². The molecular weight excluding hydrogens is 252 g/mol. The van der Waals surface area contributed by atoms with Gasteiger partial charge in [0.2, 0.25) is 6.29 Å². The number of benzene rings is 1. The summed E-state index contributed by atoms with van der Waals surface area (Å²) >= 11 is 0. The molecule has 0 amide bonds. The second-order valence-electron chi connectivity index (χ2n) is 5.01. The highest BCUT2D eigenvalue weighted by Gasteiger charge is 2.23. The van der Waals surface area contributed by atoms with Crippen LogP contribution in [0, 0.1) is 0 Å². The molecule has 1 aliphatic carbocycles. The number of hydrogen-bond donors (Lipinski definition) is 1. The average molecular weight is 266 g/mol. The lowest BCUT2D eigenvalue weighted by Crippen LogP contribution is -2.11. The Morgan fingerprint density at radius 2 is 2.10 bits per heavy atom. The maximum Gasteiger partial charge on any atom is 0.217 e. The molecule has 3 aliphatic rings. The van der Waals surface area contributed by atoms with Crippen LogP contribution in [0.3, 0.4) is 0 Å². The van der Waals surface area contributed by atoms with Crippen LogP contribution in [0.15, 0.2) is 48.3 Å². The Bertz CT molecular complexity index is 692. The Balaban J connectivity index is 1.92. The smallest absolute Gasteiger partial charge is 0.217 e. The fourth-order valence-electron chi connectivity index (χ4n) is 2.87. The van der Waals surface area contributed by atoms with Crippen molar-refractivity contribution in [1.82, 2.24) is 0 Å². The van der Waals surface area contributed by atoms with Gasteiger partial charge >= 0.3 is 0 Å². The van der Waals surface area contributed by atoms with Crippen molar-refractivity contribution < 1.29 is 14.6 Å². The molecule has 1 atom stereocenters. The van der Waals surface area contributed by atoms with Crippen LogP contribution in [0.1, 0.15) is 16.7 Å². The van der Waals surface area contributed by atoms with Gasteiger partial charge in [-0.1, -0.05) is 30.4 Å². The summed E-state index contributed by atoms with van der Waals surface area (Å²) < 4.78 is 11.1. The predicted octanol–water partition coefficient (Wildman–Crippen LogP) is 2.82. The van der Waals surface area contributed by atoms with Gasteiger partial charge in [0.05, 0.1) is 6.26 Å². The van der Waals surface area contributed by atoms with Crippen molar-refractivity contribution in [2.75, 3.05) is 6.61 Å². The lowest BCUT2D eigenvalue weighted by molar-refractivity contribution is -0.0128. The number of fused-ring (bicyclic) bond motifs is 5. The quantitative estimate of drug-likeness (QED) is 0.784. The number of hydrogen-bond acceptors (Lipinski definition) is 3. The summed E-state index contributed by atoms with van der Waals surface area (Å²) in [5.74, 6) is 0.961. The summed E-state index contributed by atoms with van der Waals surface area (Å²) in [4.78, 5) is 0. The van der Waals surface area contributed by atoms with Gasteiger partial charge in [0.15, 0.2) is 0 Å².